The zero-order chi connectivity index (χ0) is 22.9. The number of carbonyl (C=O) groups is 1. The molecule has 0 unspecified atom stereocenters. The van der Waals surface area contributed by atoms with Crippen molar-refractivity contribution in [3.8, 4) is 11.5 Å². The van der Waals surface area contributed by atoms with Gasteiger partial charge >= 0.3 is 5.97 Å². The summed E-state index contributed by atoms with van der Waals surface area (Å²) < 4.78 is 17.6. The number of hydrogen-bond acceptors (Lipinski definition) is 3. The van der Waals surface area contributed by atoms with Crippen molar-refractivity contribution in [1.82, 2.24) is 0 Å². The maximum absolute atomic E-state index is 12.8. The molecule has 11 heteroatoms. The molecule has 0 aliphatic heterocycles. The topological polar surface area (TPSA) is 35.5 Å². The Labute approximate surface area is 246 Å². The lowest BCUT2D eigenvalue weighted by Gasteiger charge is -2.14. The lowest BCUT2D eigenvalue weighted by atomic mass is 10.1. The van der Waals surface area contributed by atoms with Crippen LogP contribution in [0.1, 0.15) is 15.9 Å². The van der Waals surface area contributed by atoms with Gasteiger partial charge in [0.15, 0.2) is 5.75 Å². The number of halogens is 8. The molecule has 0 aliphatic rings. The highest BCUT2D eigenvalue weighted by Gasteiger charge is 2.22. The van der Waals surface area contributed by atoms with E-state index < -0.39 is 5.97 Å². The van der Waals surface area contributed by atoms with Crippen LogP contribution in [0.2, 0.25) is 0 Å². The third-order valence-electron chi connectivity index (χ3n) is 3.87. The van der Waals surface area contributed by atoms with Gasteiger partial charge in [0.2, 0.25) is 0 Å². The predicted molar refractivity (Wildman–Crippen MR) is 150 cm³/mol. The van der Waals surface area contributed by atoms with Crippen molar-refractivity contribution in [1.29, 1.82) is 0 Å². The summed E-state index contributed by atoms with van der Waals surface area (Å²) in [7, 11) is 0. The molecular weight excluding hydrogens is 927 g/mol. The summed E-state index contributed by atoms with van der Waals surface area (Å²) in [4.78, 5) is 12.8. The number of carbonyl (C=O) groups excluding carboxylic acids is 1. The normalized spacial score (nSPS) is 10.8. The summed E-state index contributed by atoms with van der Waals surface area (Å²) >= 11 is 27.8. The summed E-state index contributed by atoms with van der Waals surface area (Å²) in [5, 5.41) is 0. The van der Waals surface area contributed by atoms with Crippen LogP contribution < -0.4 is 9.47 Å². The molecule has 3 aromatic rings. The Morgan fingerprint density at radius 3 is 1.84 bits per heavy atom. The van der Waals surface area contributed by atoms with Gasteiger partial charge in [0.05, 0.1) is 32.4 Å². The van der Waals surface area contributed by atoms with E-state index in [1.165, 1.54) is 0 Å². The van der Waals surface area contributed by atoms with E-state index in [2.05, 4.69) is 127 Å². The second kappa shape index (κ2) is 11.5. The molecule has 3 aromatic carbocycles. The fourth-order valence-electron chi connectivity index (χ4n) is 2.44. The summed E-state index contributed by atoms with van der Waals surface area (Å²) in [6.45, 7) is 0.280. The second-order valence-electron chi connectivity index (χ2n) is 5.98. The lowest BCUT2D eigenvalue weighted by molar-refractivity contribution is 0.0732. The van der Waals surface area contributed by atoms with Gasteiger partial charge in [-0.25, -0.2) is 4.79 Å². The molecule has 0 bridgehead atoms. The van der Waals surface area contributed by atoms with Crippen molar-refractivity contribution in [2.45, 2.75) is 6.61 Å². The van der Waals surface area contributed by atoms with Crippen molar-refractivity contribution >= 4 is 133 Å². The van der Waals surface area contributed by atoms with Crippen LogP contribution in [0.5, 0.6) is 11.5 Å². The number of benzene rings is 3. The van der Waals surface area contributed by atoms with Gasteiger partial charge in [-0.3, -0.25) is 0 Å². The SMILES string of the molecule is O=C(Oc1c(Br)c(Br)c(Br)c(Br)c1Br)c1cccc(COc2c(Br)cc(Br)cc2Br)c1. The number of esters is 1. The maximum Gasteiger partial charge on any atom is 0.343 e. The molecule has 0 saturated carbocycles. The van der Waals surface area contributed by atoms with Gasteiger partial charge in [-0.1, -0.05) is 28.1 Å². The Hall–Kier alpha value is 0.770. The van der Waals surface area contributed by atoms with Gasteiger partial charge in [-0.2, -0.15) is 0 Å². The molecule has 3 rings (SSSR count). The minimum Gasteiger partial charge on any atom is -0.487 e. The Kier molecular flexibility index (Phi) is 9.76. The van der Waals surface area contributed by atoms with E-state index in [0.717, 1.165) is 32.4 Å². The fraction of sp³-hybridized carbons (Fsp3) is 0.0500. The molecule has 0 atom stereocenters. The van der Waals surface area contributed by atoms with Gasteiger partial charge in [0.1, 0.15) is 12.4 Å². The van der Waals surface area contributed by atoms with E-state index >= 15 is 0 Å². The zero-order valence-electron chi connectivity index (χ0n) is 14.9. The minimum atomic E-state index is -0.490. The Morgan fingerprint density at radius 2 is 1.26 bits per heavy atom. The molecule has 3 nitrogen and oxygen atoms in total. The summed E-state index contributed by atoms with van der Waals surface area (Å²) in [6.07, 6.45) is 0. The molecule has 0 N–H and O–H groups in total. The minimum absolute atomic E-state index is 0.280. The van der Waals surface area contributed by atoms with Crippen LogP contribution in [0, 0.1) is 0 Å². The lowest BCUT2D eigenvalue weighted by Crippen LogP contribution is -2.10. The number of rotatable bonds is 5. The van der Waals surface area contributed by atoms with Crippen LogP contribution in [-0.2, 0) is 6.61 Å². The van der Waals surface area contributed by atoms with Crippen molar-refractivity contribution < 1.29 is 14.3 Å². The van der Waals surface area contributed by atoms with Gasteiger partial charge in [0.25, 0.3) is 0 Å². The highest BCUT2D eigenvalue weighted by Crippen LogP contribution is 2.48. The summed E-state index contributed by atoms with van der Waals surface area (Å²) in [6, 6.07) is 10.9. The van der Waals surface area contributed by atoms with E-state index in [1.54, 1.807) is 18.2 Å². The molecule has 0 fully saturated rings. The molecule has 31 heavy (non-hydrogen) atoms. The highest BCUT2D eigenvalue weighted by atomic mass is 79.9. The number of ether oxygens (including phenoxy) is 2. The summed E-state index contributed by atoms with van der Waals surface area (Å²) in [5.41, 5.74) is 1.23. The maximum atomic E-state index is 12.8. The van der Waals surface area contributed by atoms with Crippen LogP contribution in [0.3, 0.4) is 0 Å². The monoisotopic (exact) mass is 927 g/mol. The first kappa shape index (κ1) is 26.4. The molecule has 0 radical (unpaired) electrons. The first-order chi connectivity index (χ1) is 14.6. The van der Waals surface area contributed by atoms with Gasteiger partial charge in [0, 0.05) is 8.95 Å². The largest absolute Gasteiger partial charge is 0.487 e. The molecule has 0 amide bonds. The van der Waals surface area contributed by atoms with Crippen LogP contribution in [0.4, 0.5) is 0 Å². The molecule has 0 saturated heterocycles. The average molecular weight is 936 g/mol. The smallest absolute Gasteiger partial charge is 0.343 e. The molecule has 0 aromatic heterocycles. The third kappa shape index (κ3) is 6.26. The molecule has 162 valence electrons. The first-order valence-electron chi connectivity index (χ1n) is 8.20. The van der Waals surface area contributed by atoms with Crippen molar-refractivity contribution in [2.75, 3.05) is 0 Å². The second-order valence-corrected chi connectivity index (χ2v) is 12.6. The van der Waals surface area contributed by atoms with Gasteiger partial charge in [-0.15, -0.1) is 0 Å². The van der Waals surface area contributed by atoms with Crippen molar-refractivity contribution in [3.63, 3.8) is 0 Å². The zero-order valence-corrected chi connectivity index (χ0v) is 27.6. The van der Waals surface area contributed by atoms with Crippen LogP contribution >= 0.6 is 127 Å². The van der Waals surface area contributed by atoms with Crippen LogP contribution in [0.15, 0.2) is 72.2 Å². The molecule has 0 heterocycles. The average Bonchev–Trinajstić information content (AvgIpc) is 2.73. The Morgan fingerprint density at radius 1 is 0.710 bits per heavy atom. The fourth-order valence-corrected chi connectivity index (χ4v) is 8.10. The van der Waals surface area contributed by atoms with Crippen LogP contribution in [0.25, 0.3) is 0 Å². The van der Waals surface area contributed by atoms with E-state index in [9.17, 15) is 4.79 Å². The molecule has 0 aliphatic carbocycles. The Bertz CT molecular complexity index is 1130. The van der Waals surface area contributed by atoms with E-state index in [0.29, 0.717) is 26.0 Å². The van der Waals surface area contributed by atoms with Gasteiger partial charge < -0.3 is 9.47 Å². The number of hydrogen-bond donors (Lipinski definition) is 0. The third-order valence-corrected chi connectivity index (χ3v) is 11.5. The highest BCUT2D eigenvalue weighted by molar-refractivity contribution is 9.16. The molecular formula is C20H8Br8O3. The standard InChI is InChI=1S/C20H8Br8O3/c21-10-5-11(22)18(12(23)6-10)30-7-8-2-1-3-9(4-8)20(29)31-19-16(27)14(25)13(24)15(26)17(19)28/h1-6H,7H2. The van der Waals surface area contributed by atoms with Crippen molar-refractivity contribution in [2.24, 2.45) is 0 Å². The van der Waals surface area contributed by atoms with Crippen molar-refractivity contribution in [3.05, 3.63) is 83.3 Å². The Balaban J connectivity index is 1.80. The predicted octanol–water partition coefficient (Wildman–Crippen LogP) is 10.6. The quantitative estimate of drug-likeness (QED) is 0.111. The first-order valence-corrected chi connectivity index (χ1v) is 14.5. The van der Waals surface area contributed by atoms with Gasteiger partial charge in [-0.05, 0) is 141 Å². The summed E-state index contributed by atoms with van der Waals surface area (Å²) in [5.74, 6) is 0.542. The molecule has 0 spiro atoms. The van der Waals surface area contributed by atoms with E-state index in [1.807, 2.05) is 18.2 Å². The van der Waals surface area contributed by atoms with E-state index in [-0.39, 0.29) is 6.61 Å². The van der Waals surface area contributed by atoms with E-state index in [4.69, 9.17) is 9.47 Å². The van der Waals surface area contributed by atoms with Crippen LogP contribution in [-0.4, -0.2) is 5.97 Å².